The summed E-state index contributed by atoms with van der Waals surface area (Å²) >= 11 is 1.58. The summed E-state index contributed by atoms with van der Waals surface area (Å²) in [4.78, 5) is 25.9. The van der Waals surface area contributed by atoms with Crippen molar-refractivity contribution in [3.8, 4) is 5.75 Å². The summed E-state index contributed by atoms with van der Waals surface area (Å²) in [5, 5.41) is 11.2. The third kappa shape index (κ3) is 6.27. The number of carboxylic acids is 1. The molecule has 7 heteroatoms. The molecule has 152 valence electrons. The highest BCUT2D eigenvalue weighted by Crippen LogP contribution is 2.29. The molecule has 1 aromatic heterocycles. The molecule has 2 aromatic rings. The van der Waals surface area contributed by atoms with Crippen LogP contribution in [0, 0.1) is 6.92 Å². The third-order valence-corrected chi connectivity index (χ3v) is 4.96. The molecule has 6 nitrogen and oxygen atoms in total. The number of nitrogens with zero attached hydrogens (tertiary/aromatic N) is 1. The Kier molecular flexibility index (Phi) is 7.07. The average Bonchev–Trinajstić information content (AvgIpc) is 3.10. The van der Waals surface area contributed by atoms with Crippen LogP contribution >= 0.6 is 11.3 Å². The number of carbonyl (C=O) groups is 2. The van der Waals surface area contributed by atoms with Gasteiger partial charge < -0.3 is 19.5 Å². The summed E-state index contributed by atoms with van der Waals surface area (Å²) in [7, 11) is 1.70. The highest BCUT2D eigenvalue weighted by atomic mass is 32.1. The first-order chi connectivity index (χ1) is 13.1. The van der Waals surface area contributed by atoms with Crippen molar-refractivity contribution in [3.05, 3.63) is 51.7 Å². The van der Waals surface area contributed by atoms with Gasteiger partial charge in [-0.3, -0.25) is 0 Å². The number of thiophene rings is 1. The van der Waals surface area contributed by atoms with Crippen LogP contribution in [0.25, 0.3) is 0 Å². The first-order valence-corrected chi connectivity index (χ1v) is 9.93. The Balaban J connectivity index is 2.08. The molecule has 0 spiro atoms. The zero-order valence-corrected chi connectivity index (χ0v) is 17.7. The van der Waals surface area contributed by atoms with E-state index in [-0.39, 0.29) is 17.8 Å². The van der Waals surface area contributed by atoms with Crippen LogP contribution in [0.3, 0.4) is 0 Å². The van der Waals surface area contributed by atoms with Gasteiger partial charge in [0.05, 0.1) is 5.56 Å². The fourth-order valence-corrected chi connectivity index (χ4v) is 3.38. The van der Waals surface area contributed by atoms with Gasteiger partial charge in [-0.15, -0.1) is 11.3 Å². The number of hydrogen-bond donors (Lipinski definition) is 1. The lowest BCUT2D eigenvalue weighted by Crippen LogP contribution is -2.35. The molecule has 0 fully saturated rings. The molecule has 1 aromatic carbocycles. The Morgan fingerprint density at radius 3 is 2.50 bits per heavy atom. The van der Waals surface area contributed by atoms with E-state index < -0.39 is 11.6 Å². The van der Waals surface area contributed by atoms with E-state index in [1.807, 2.05) is 38.3 Å². The smallest absolute Gasteiger partial charge is 0.410 e. The third-order valence-electron chi connectivity index (χ3n) is 4.00. The second-order valence-corrected chi connectivity index (χ2v) is 8.57. The van der Waals surface area contributed by atoms with Crippen LogP contribution in [-0.2, 0) is 4.74 Å². The lowest BCUT2D eigenvalue weighted by molar-refractivity contribution is 0.0279. The summed E-state index contributed by atoms with van der Waals surface area (Å²) in [5.74, 6) is -0.362. The molecule has 0 saturated carbocycles. The molecule has 2 rings (SSSR count). The number of benzene rings is 1. The molecule has 1 unspecified atom stereocenters. The predicted molar refractivity (Wildman–Crippen MR) is 109 cm³/mol. The molecule has 1 N–H and O–H groups in total. The summed E-state index contributed by atoms with van der Waals surface area (Å²) < 4.78 is 11.5. The maximum absolute atomic E-state index is 12.2. The van der Waals surface area contributed by atoms with Crippen LogP contribution in [0.4, 0.5) is 4.79 Å². The van der Waals surface area contributed by atoms with Crippen molar-refractivity contribution in [2.45, 2.75) is 45.8 Å². The lowest BCUT2D eigenvalue weighted by atomic mass is 10.1. The molecule has 0 aliphatic heterocycles. The monoisotopic (exact) mass is 405 g/mol. The number of carbonyl (C=O) groups excluding carboxylic acids is 1. The van der Waals surface area contributed by atoms with Crippen molar-refractivity contribution in [1.29, 1.82) is 0 Å². The van der Waals surface area contributed by atoms with Crippen LogP contribution in [0.2, 0.25) is 0 Å². The van der Waals surface area contributed by atoms with Gasteiger partial charge in [0, 0.05) is 24.9 Å². The minimum absolute atomic E-state index is 0.250. The predicted octanol–water partition coefficient (Wildman–Crippen LogP) is 5.13. The number of aryl methyl sites for hydroxylation is 1. The van der Waals surface area contributed by atoms with E-state index in [1.165, 1.54) is 4.90 Å². The summed E-state index contributed by atoms with van der Waals surface area (Å²) in [6, 6.07) is 8.87. The molecular weight excluding hydrogens is 378 g/mol. The van der Waals surface area contributed by atoms with Crippen LogP contribution < -0.4 is 4.74 Å². The largest absolute Gasteiger partial charge is 0.485 e. The van der Waals surface area contributed by atoms with Crippen molar-refractivity contribution in [3.63, 3.8) is 0 Å². The normalized spacial score (nSPS) is 12.3. The Hall–Kier alpha value is -2.54. The minimum atomic E-state index is -0.960. The van der Waals surface area contributed by atoms with Crippen LogP contribution in [0.5, 0.6) is 5.75 Å². The quantitative estimate of drug-likeness (QED) is 0.691. The van der Waals surface area contributed by atoms with E-state index in [1.54, 1.807) is 43.5 Å². The highest BCUT2D eigenvalue weighted by Gasteiger charge is 2.22. The van der Waals surface area contributed by atoms with E-state index in [0.717, 1.165) is 4.88 Å². The van der Waals surface area contributed by atoms with Crippen molar-refractivity contribution in [2.75, 3.05) is 13.6 Å². The molecule has 1 atom stereocenters. The van der Waals surface area contributed by atoms with Gasteiger partial charge >= 0.3 is 12.1 Å². The molecular formula is C21H27NO5S. The number of ether oxygens (including phenoxy) is 2. The Morgan fingerprint density at radius 1 is 1.25 bits per heavy atom. The second kappa shape index (κ2) is 9.10. The first kappa shape index (κ1) is 21.8. The van der Waals surface area contributed by atoms with E-state index >= 15 is 0 Å². The average molecular weight is 406 g/mol. The van der Waals surface area contributed by atoms with E-state index in [9.17, 15) is 14.7 Å². The molecule has 28 heavy (non-hydrogen) atoms. The zero-order chi connectivity index (χ0) is 20.9. The van der Waals surface area contributed by atoms with Crippen molar-refractivity contribution < 1.29 is 24.2 Å². The fourth-order valence-electron chi connectivity index (χ4n) is 2.59. The van der Waals surface area contributed by atoms with Crippen molar-refractivity contribution in [1.82, 2.24) is 4.90 Å². The molecule has 0 bridgehead atoms. The summed E-state index contributed by atoms with van der Waals surface area (Å²) in [6.45, 7) is 7.70. The highest BCUT2D eigenvalue weighted by molar-refractivity contribution is 7.10. The van der Waals surface area contributed by atoms with E-state index in [4.69, 9.17) is 9.47 Å². The van der Waals surface area contributed by atoms with Gasteiger partial charge in [0.2, 0.25) is 0 Å². The number of hydrogen-bond acceptors (Lipinski definition) is 5. The van der Waals surface area contributed by atoms with Gasteiger partial charge in [0.25, 0.3) is 0 Å². The second-order valence-electron chi connectivity index (χ2n) is 7.59. The first-order valence-electron chi connectivity index (χ1n) is 9.05. The molecule has 1 heterocycles. The number of rotatable bonds is 7. The van der Waals surface area contributed by atoms with Crippen molar-refractivity contribution >= 4 is 23.4 Å². The zero-order valence-electron chi connectivity index (χ0n) is 16.9. The standard InChI is InChI=1S/C21H27NO5S/c1-14-13-15(8-9-16(14)19(23)24)26-17(18-7-6-12-28-18)10-11-22(5)20(25)27-21(2,3)4/h6-9,12-13,17H,10-11H2,1-5H3,(H,23,24). The van der Waals surface area contributed by atoms with Crippen LogP contribution in [-0.4, -0.2) is 41.3 Å². The minimum Gasteiger partial charge on any atom is -0.485 e. The van der Waals surface area contributed by atoms with Crippen molar-refractivity contribution in [2.24, 2.45) is 0 Å². The van der Waals surface area contributed by atoms with Gasteiger partial charge in [0.1, 0.15) is 17.5 Å². The fraction of sp³-hybridized carbons (Fsp3) is 0.429. The topological polar surface area (TPSA) is 76.1 Å². The molecule has 0 radical (unpaired) electrons. The number of carboxylic acid groups (broad SMARTS) is 1. The van der Waals surface area contributed by atoms with Gasteiger partial charge in [-0.05, 0) is 62.9 Å². The maximum Gasteiger partial charge on any atom is 0.410 e. The summed E-state index contributed by atoms with van der Waals surface area (Å²) in [6.07, 6.45) is -0.0465. The van der Waals surface area contributed by atoms with E-state index in [2.05, 4.69) is 0 Å². The SMILES string of the molecule is Cc1cc(OC(CCN(C)C(=O)OC(C)(C)C)c2cccs2)ccc1C(=O)O. The molecule has 0 aliphatic carbocycles. The lowest BCUT2D eigenvalue weighted by Gasteiger charge is -2.26. The number of amides is 1. The van der Waals surface area contributed by atoms with Gasteiger partial charge in [-0.1, -0.05) is 6.07 Å². The van der Waals surface area contributed by atoms with E-state index in [0.29, 0.717) is 24.3 Å². The van der Waals surface area contributed by atoms with Crippen LogP contribution in [0.1, 0.15) is 54.1 Å². The van der Waals surface area contributed by atoms with Gasteiger partial charge in [-0.2, -0.15) is 0 Å². The van der Waals surface area contributed by atoms with Gasteiger partial charge in [0.15, 0.2) is 0 Å². The Bertz CT molecular complexity index is 811. The maximum atomic E-state index is 12.2. The number of aromatic carboxylic acids is 1. The van der Waals surface area contributed by atoms with Gasteiger partial charge in [-0.25, -0.2) is 9.59 Å². The molecule has 0 aliphatic rings. The summed E-state index contributed by atoms with van der Waals surface area (Å²) in [5.41, 5.74) is 0.351. The molecule has 0 saturated heterocycles. The van der Waals surface area contributed by atoms with Crippen LogP contribution in [0.15, 0.2) is 35.7 Å². The Labute approximate surface area is 169 Å². The Morgan fingerprint density at radius 2 is 1.96 bits per heavy atom. The molecule has 1 amide bonds.